The van der Waals surface area contributed by atoms with Crippen LogP contribution in [0.25, 0.3) is 11.3 Å². The molecule has 1 fully saturated rings. The van der Waals surface area contributed by atoms with Gasteiger partial charge in [-0.1, -0.05) is 29.8 Å². The van der Waals surface area contributed by atoms with E-state index in [1.165, 1.54) is 0 Å². The number of carbonyl (C=O) groups excluding carboxylic acids is 1. The van der Waals surface area contributed by atoms with Gasteiger partial charge in [0.05, 0.1) is 5.69 Å². The summed E-state index contributed by atoms with van der Waals surface area (Å²) < 4.78 is 5.95. The van der Waals surface area contributed by atoms with Crippen molar-refractivity contribution in [2.24, 2.45) is 5.73 Å². The molecule has 2 aromatic heterocycles. The van der Waals surface area contributed by atoms with Crippen molar-refractivity contribution in [1.82, 2.24) is 9.97 Å². The minimum absolute atomic E-state index is 0.0241. The zero-order valence-corrected chi connectivity index (χ0v) is 17.2. The second kappa shape index (κ2) is 8.80. The Morgan fingerprint density at radius 3 is 2.72 bits per heavy atom. The number of amides is 1. The molecule has 29 heavy (non-hydrogen) atoms. The fraction of sp³-hybridized carbons (Fsp3) is 0.286. The van der Waals surface area contributed by atoms with Crippen LogP contribution >= 0.6 is 22.9 Å². The Hall–Kier alpha value is -2.64. The Morgan fingerprint density at radius 1 is 1.17 bits per heavy atom. The molecule has 0 aliphatic heterocycles. The van der Waals surface area contributed by atoms with Crippen LogP contribution in [0, 0.1) is 0 Å². The predicted molar refractivity (Wildman–Crippen MR) is 116 cm³/mol. The van der Waals surface area contributed by atoms with Gasteiger partial charge < -0.3 is 15.8 Å². The molecular formula is C21H21ClN4O2S. The molecule has 0 radical (unpaired) electrons. The van der Waals surface area contributed by atoms with Gasteiger partial charge in [0, 0.05) is 28.2 Å². The fourth-order valence-electron chi connectivity index (χ4n) is 3.46. The molecule has 2 heterocycles. The maximum absolute atomic E-state index is 11.5. The molecule has 1 aromatic carbocycles. The zero-order valence-electron chi connectivity index (χ0n) is 15.7. The molecule has 3 aromatic rings. The van der Waals surface area contributed by atoms with Gasteiger partial charge >= 0.3 is 0 Å². The molecular weight excluding hydrogens is 408 g/mol. The number of carbonyl (C=O) groups is 1. The number of nitrogens with two attached hydrogens (primary N) is 1. The number of aromatic nitrogens is 2. The van der Waals surface area contributed by atoms with Crippen molar-refractivity contribution in [3.8, 4) is 17.1 Å². The van der Waals surface area contributed by atoms with Crippen LogP contribution in [-0.2, 0) is 0 Å². The van der Waals surface area contributed by atoms with E-state index < -0.39 is 5.91 Å². The number of thiazole rings is 1. The Balaban J connectivity index is 1.33. The number of ether oxygens (including phenoxy) is 1. The second-order valence-corrected chi connectivity index (χ2v) is 8.24. The third kappa shape index (κ3) is 4.68. The number of nitrogens with one attached hydrogen (secondary N) is 1. The fourth-order valence-corrected chi connectivity index (χ4v) is 4.48. The molecule has 8 heteroatoms. The van der Waals surface area contributed by atoms with Gasteiger partial charge in [-0.05, 0) is 43.9 Å². The summed E-state index contributed by atoms with van der Waals surface area (Å²) in [5.74, 6) is -0.206. The molecule has 1 saturated carbocycles. The SMILES string of the molecule is NC(=O)c1cccnc1OC1CCC(Nc2nc(-c3ccccc3Cl)cs2)CC1. The number of nitrogens with zero attached hydrogens (tertiary/aromatic N) is 2. The highest BCUT2D eigenvalue weighted by Gasteiger charge is 2.24. The summed E-state index contributed by atoms with van der Waals surface area (Å²) in [5.41, 5.74) is 7.54. The summed E-state index contributed by atoms with van der Waals surface area (Å²) >= 11 is 7.85. The topological polar surface area (TPSA) is 90.1 Å². The average molecular weight is 429 g/mol. The van der Waals surface area contributed by atoms with Gasteiger partial charge in [-0.15, -0.1) is 11.3 Å². The molecule has 0 unspecified atom stereocenters. The van der Waals surface area contributed by atoms with Crippen LogP contribution in [0.1, 0.15) is 36.0 Å². The number of pyridine rings is 1. The summed E-state index contributed by atoms with van der Waals surface area (Å²) in [4.78, 5) is 20.4. The highest BCUT2D eigenvalue weighted by atomic mass is 35.5. The van der Waals surface area contributed by atoms with E-state index in [0.717, 1.165) is 42.1 Å². The summed E-state index contributed by atoms with van der Waals surface area (Å²) in [6.45, 7) is 0. The lowest BCUT2D eigenvalue weighted by Crippen LogP contribution is -2.31. The van der Waals surface area contributed by atoms with Crippen molar-refractivity contribution >= 4 is 34.0 Å². The van der Waals surface area contributed by atoms with E-state index in [1.807, 2.05) is 29.6 Å². The van der Waals surface area contributed by atoms with Crippen LogP contribution < -0.4 is 15.8 Å². The highest BCUT2D eigenvalue weighted by molar-refractivity contribution is 7.14. The molecule has 6 nitrogen and oxygen atoms in total. The standard InChI is InChI=1S/C21H21ClN4O2S/c22-17-6-2-1-4-15(17)18-12-29-21(26-18)25-13-7-9-14(10-8-13)28-20-16(19(23)27)5-3-11-24-20/h1-6,11-14H,7-10H2,(H2,23,27)(H,25,26). The largest absolute Gasteiger partial charge is 0.474 e. The number of hydrogen-bond acceptors (Lipinski definition) is 6. The Bertz CT molecular complexity index is 1000. The van der Waals surface area contributed by atoms with E-state index in [4.69, 9.17) is 22.1 Å². The predicted octanol–water partition coefficient (Wildman–Crippen LogP) is 4.76. The molecule has 1 amide bonds. The van der Waals surface area contributed by atoms with Gasteiger partial charge in [-0.25, -0.2) is 9.97 Å². The van der Waals surface area contributed by atoms with Crippen molar-refractivity contribution < 1.29 is 9.53 Å². The normalized spacial score (nSPS) is 18.9. The minimum atomic E-state index is -0.526. The van der Waals surface area contributed by atoms with Gasteiger partial charge in [0.15, 0.2) is 5.13 Å². The van der Waals surface area contributed by atoms with Crippen molar-refractivity contribution in [3.63, 3.8) is 0 Å². The van der Waals surface area contributed by atoms with Gasteiger partial charge in [0.1, 0.15) is 11.7 Å². The number of halogens is 1. The summed E-state index contributed by atoms with van der Waals surface area (Å²) in [7, 11) is 0. The number of benzene rings is 1. The molecule has 0 spiro atoms. The van der Waals surface area contributed by atoms with Crippen LogP contribution in [0.4, 0.5) is 5.13 Å². The van der Waals surface area contributed by atoms with Gasteiger partial charge in [0.25, 0.3) is 5.91 Å². The maximum Gasteiger partial charge on any atom is 0.254 e. The van der Waals surface area contributed by atoms with Crippen LogP contribution in [-0.4, -0.2) is 28.0 Å². The molecule has 0 saturated heterocycles. The quantitative estimate of drug-likeness (QED) is 0.590. The zero-order chi connectivity index (χ0) is 20.2. The molecule has 1 aliphatic carbocycles. The number of hydrogen-bond donors (Lipinski definition) is 2. The van der Waals surface area contributed by atoms with Crippen LogP contribution in [0.2, 0.25) is 5.02 Å². The Morgan fingerprint density at radius 2 is 1.97 bits per heavy atom. The minimum Gasteiger partial charge on any atom is -0.474 e. The average Bonchev–Trinajstić information content (AvgIpc) is 3.18. The first-order valence-corrected chi connectivity index (χ1v) is 10.7. The van der Waals surface area contributed by atoms with E-state index in [9.17, 15) is 4.79 Å². The smallest absolute Gasteiger partial charge is 0.254 e. The van der Waals surface area contributed by atoms with Crippen molar-refractivity contribution in [1.29, 1.82) is 0 Å². The van der Waals surface area contributed by atoms with E-state index in [0.29, 0.717) is 22.5 Å². The third-order valence-electron chi connectivity index (χ3n) is 4.97. The Labute approximate surface area is 178 Å². The van der Waals surface area contributed by atoms with E-state index in [-0.39, 0.29) is 6.10 Å². The van der Waals surface area contributed by atoms with E-state index in [1.54, 1.807) is 29.7 Å². The van der Waals surface area contributed by atoms with Crippen molar-refractivity contribution in [2.45, 2.75) is 37.8 Å². The molecule has 150 valence electrons. The van der Waals surface area contributed by atoms with Crippen LogP contribution in [0.3, 0.4) is 0 Å². The van der Waals surface area contributed by atoms with Crippen LogP contribution in [0.15, 0.2) is 48.0 Å². The second-order valence-electron chi connectivity index (χ2n) is 6.97. The lowest BCUT2D eigenvalue weighted by molar-refractivity contribution is 0.0983. The van der Waals surface area contributed by atoms with Crippen molar-refractivity contribution in [3.05, 3.63) is 58.6 Å². The third-order valence-corrected chi connectivity index (χ3v) is 6.07. The van der Waals surface area contributed by atoms with Crippen molar-refractivity contribution in [2.75, 3.05) is 5.32 Å². The van der Waals surface area contributed by atoms with Gasteiger partial charge in [0.2, 0.25) is 5.88 Å². The van der Waals surface area contributed by atoms with Gasteiger partial charge in [-0.2, -0.15) is 0 Å². The highest BCUT2D eigenvalue weighted by Crippen LogP contribution is 2.32. The summed E-state index contributed by atoms with van der Waals surface area (Å²) in [5, 5.41) is 7.14. The maximum atomic E-state index is 11.5. The molecule has 3 N–H and O–H groups in total. The first-order valence-electron chi connectivity index (χ1n) is 9.48. The molecule has 0 atom stereocenters. The molecule has 0 bridgehead atoms. The first kappa shape index (κ1) is 19.7. The van der Waals surface area contributed by atoms with Gasteiger partial charge in [-0.3, -0.25) is 4.79 Å². The number of rotatable bonds is 6. The Kier molecular flexibility index (Phi) is 5.97. The van der Waals surface area contributed by atoms with E-state index >= 15 is 0 Å². The van der Waals surface area contributed by atoms with E-state index in [2.05, 4.69) is 15.3 Å². The number of anilines is 1. The monoisotopic (exact) mass is 428 g/mol. The first-order chi connectivity index (χ1) is 14.1. The molecule has 4 rings (SSSR count). The summed E-state index contributed by atoms with van der Waals surface area (Å²) in [6.07, 6.45) is 5.27. The summed E-state index contributed by atoms with van der Waals surface area (Å²) in [6, 6.07) is 11.4. The van der Waals surface area contributed by atoms with Crippen LogP contribution in [0.5, 0.6) is 5.88 Å². The lowest BCUT2D eigenvalue weighted by atomic mass is 9.93. The molecule has 1 aliphatic rings. The lowest BCUT2D eigenvalue weighted by Gasteiger charge is -2.29. The number of primary amides is 1.